The zero-order valence-electron chi connectivity index (χ0n) is 18.0. The molecule has 31 heavy (non-hydrogen) atoms. The monoisotopic (exact) mass is 446 g/mol. The lowest BCUT2D eigenvalue weighted by atomic mass is 10.00. The predicted octanol–water partition coefficient (Wildman–Crippen LogP) is 2.57. The van der Waals surface area contributed by atoms with E-state index in [2.05, 4.69) is 18.6 Å². The van der Waals surface area contributed by atoms with E-state index in [0.717, 1.165) is 11.1 Å². The van der Waals surface area contributed by atoms with Crippen LogP contribution in [-0.4, -0.2) is 58.7 Å². The Kier molecular flexibility index (Phi) is 8.06. The van der Waals surface area contributed by atoms with Crippen LogP contribution < -0.4 is 9.46 Å². The van der Waals surface area contributed by atoms with Crippen LogP contribution in [0.15, 0.2) is 53.4 Å². The first-order valence-corrected chi connectivity index (χ1v) is 12.0. The van der Waals surface area contributed by atoms with Crippen molar-refractivity contribution in [1.29, 1.82) is 0 Å². The van der Waals surface area contributed by atoms with Gasteiger partial charge in [0.25, 0.3) is 5.91 Å². The molecule has 8 heteroatoms. The summed E-state index contributed by atoms with van der Waals surface area (Å²) in [7, 11) is -3.57. The Hall–Kier alpha value is -2.42. The molecule has 0 aromatic heterocycles. The summed E-state index contributed by atoms with van der Waals surface area (Å²) >= 11 is 0. The molecular weight excluding hydrogens is 416 g/mol. The zero-order valence-corrected chi connectivity index (χ0v) is 18.9. The van der Waals surface area contributed by atoms with Crippen LogP contribution >= 0.6 is 0 Å². The summed E-state index contributed by atoms with van der Waals surface area (Å²) in [6.45, 7) is 6.58. The summed E-state index contributed by atoms with van der Waals surface area (Å²) < 4.78 is 38.7. The molecule has 7 nitrogen and oxygen atoms in total. The van der Waals surface area contributed by atoms with Gasteiger partial charge in [0.2, 0.25) is 10.0 Å². The van der Waals surface area contributed by atoms with Crippen molar-refractivity contribution in [2.75, 3.05) is 39.5 Å². The molecule has 1 N–H and O–H groups in total. The molecule has 1 fully saturated rings. The van der Waals surface area contributed by atoms with Crippen LogP contribution in [0.4, 0.5) is 0 Å². The molecular formula is C23H30N2O5S. The van der Waals surface area contributed by atoms with Crippen molar-refractivity contribution in [3.8, 4) is 5.75 Å². The molecule has 0 unspecified atom stereocenters. The van der Waals surface area contributed by atoms with E-state index < -0.39 is 10.0 Å². The Morgan fingerprint density at radius 2 is 1.84 bits per heavy atom. The smallest absolute Gasteiger partial charge is 0.260 e. The van der Waals surface area contributed by atoms with Crippen molar-refractivity contribution in [1.82, 2.24) is 9.62 Å². The molecule has 2 aromatic rings. The normalized spacial score (nSPS) is 14.6. The standard InChI is InChI=1S/C23H30N2O5S/c1-18(2)20-9-8-19(10-11-24-31(27,28)21-6-4-3-5-7-21)22(16-20)30-17-23(26)25-12-14-29-15-13-25/h3-9,16,18,24H,10-15,17H2,1-2H3. The minimum atomic E-state index is -3.57. The number of nitrogens with zero attached hydrogens (tertiary/aromatic N) is 1. The van der Waals surface area contributed by atoms with E-state index in [1.807, 2.05) is 18.2 Å². The highest BCUT2D eigenvalue weighted by molar-refractivity contribution is 7.89. The molecule has 0 spiro atoms. The molecule has 0 aliphatic carbocycles. The molecule has 0 radical (unpaired) electrons. The van der Waals surface area contributed by atoms with Crippen molar-refractivity contribution >= 4 is 15.9 Å². The minimum Gasteiger partial charge on any atom is -0.483 e. The van der Waals surface area contributed by atoms with Crippen LogP contribution in [0, 0.1) is 0 Å². The maximum absolute atomic E-state index is 12.5. The van der Waals surface area contributed by atoms with Gasteiger partial charge in [-0.15, -0.1) is 0 Å². The summed E-state index contributed by atoms with van der Waals surface area (Å²) in [5, 5.41) is 0. The molecule has 0 atom stereocenters. The Morgan fingerprint density at radius 3 is 2.52 bits per heavy atom. The van der Waals surface area contributed by atoms with E-state index in [-0.39, 0.29) is 24.0 Å². The highest BCUT2D eigenvalue weighted by atomic mass is 32.2. The second-order valence-corrected chi connectivity index (χ2v) is 9.53. The molecule has 1 aliphatic heterocycles. The lowest BCUT2D eigenvalue weighted by Gasteiger charge is -2.27. The summed E-state index contributed by atoms with van der Waals surface area (Å²) in [6, 6.07) is 14.2. The number of amides is 1. The van der Waals surface area contributed by atoms with Gasteiger partial charge in [0.1, 0.15) is 5.75 Å². The van der Waals surface area contributed by atoms with Gasteiger partial charge in [0, 0.05) is 19.6 Å². The number of carbonyl (C=O) groups is 1. The van der Waals surface area contributed by atoms with Crippen molar-refractivity contribution in [2.24, 2.45) is 0 Å². The van der Waals surface area contributed by atoms with Gasteiger partial charge in [-0.1, -0.05) is 44.2 Å². The van der Waals surface area contributed by atoms with Crippen LogP contribution in [0.2, 0.25) is 0 Å². The number of carbonyl (C=O) groups excluding carboxylic acids is 1. The summed E-state index contributed by atoms with van der Waals surface area (Å²) in [6.07, 6.45) is 0.450. The van der Waals surface area contributed by atoms with Crippen molar-refractivity contribution in [2.45, 2.75) is 31.1 Å². The van der Waals surface area contributed by atoms with Crippen LogP contribution in [0.3, 0.4) is 0 Å². The third-order valence-corrected chi connectivity index (χ3v) is 6.69. The highest BCUT2D eigenvalue weighted by Gasteiger charge is 2.19. The highest BCUT2D eigenvalue weighted by Crippen LogP contribution is 2.25. The lowest BCUT2D eigenvalue weighted by Crippen LogP contribution is -2.43. The fraction of sp³-hybridized carbons (Fsp3) is 0.435. The van der Waals surface area contributed by atoms with Crippen molar-refractivity contribution in [3.05, 3.63) is 59.7 Å². The molecule has 1 heterocycles. The molecule has 1 aliphatic rings. The van der Waals surface area contributed by atoms with Gasteiger partial charge in [-0.05, 0) is 41.7 Å². The number of rotatable bonds is 9. The van der Waals surface area contributed by atoms with Crippen molar-refractivity contribution in [3.63, 3.8) is 0 Å². The van der Waals surface area contributed by atoms with E-state index in [4.69, 9.17) is 9.47 Å². The van der Waals surface area contributed by atoms with E-state index in [9.17, 15) is 13.2 Å². The molecule has 1 amide bonds. The molecule has 2 aromatic carbocycles. The van der Waals surface area contributed by atoms with Crippen LogP contribution in [0.1, 0.15) is 30.9 Å². The molecule has 3 rings (SSSR count). The predicted molar refractivity (Wildman–Crippen MR) is 119 cm³/mol. The molecule has 0 saturated carbocycles. The van der Waals surface area contributed by atoms with Gasteiger partial charge < -0.3 is 14.4 Å². The molecule has 168 valence electrons. The zero-order chi connectivity index (χ0) is 22.3. The Morgan fingerprint density at radius 1 is 1.13 bits per heavy atom. The van der Waals surface area contributed by atoms with Gasteiger partial charge in [-0.25, -0.2) is 13.1 Å². The van der Waals surface area contributed by atoms with E-state index in [1.165, 1.54) is 0 Å². The Bertz CT molecular complexity index is 971. The average Bonchev–Trinajstić information content (AvgIpc) is 2.79. The summed E-state index contributed by atoms with van der Waals surface area (Å²) in [4.78, 5) is 14.4. The fourth-order valence-corrected chi connectivity index (χ4v) is 4.37. The second-order valence-electron chi connectivity index (χ2n) is 7.76. The van der Waals surface area contributed by atoms with Gasteiger partial charge >= 0.3 is 0 Å². The van der Waals surface area contributed by atoms with E-state index in [0.29, 0.717) is 44.4 Å². The van der Waals surface area contributed by atoms with Crippen LogP contribution in [0.5, 0.6) is 5.75 Å². The maximum atomic E-state index is 12.5. The quantitative estimate of drug-likeness (QED) is 0.640. The molecule has 1 saturated heterocycles. The van der Waals surface area contributed by atoms with Gasteiger partial charge in [0.15, 0.2) is 6.61 Å². The summed E-state index contributed by atoms with van der Waals surface area (Å²) in [5.41, 5.74) is 1.96. The van der Waals surface area contributed by atoms with Gasteiger partial charge in [-0.2, -0.15) is 0 Å². The first-order chi connectivity index (χ1) is 14.9. The third kappa shape index (κ3) is 6.53. The lowest BCUT2D eigenvalue weighted by molar-refractivity contribution is -0.137. The minimum absolute atomic E-state index is 0.0513. The first-order valence-electron chi connectivity index (χ1n) is 10.5. The maximum Gasteiger partial charge on any atom is 0.260 e. The fourth-order valence-electron chi connectivity index (χ4n) is 3.32. The van der Waals surface area contributed by atoms with Gasteiger partial charge in [-0.3, -0.25) is 4.79 Å². The number of benzene rings is 2. The SMILES string of the molecule is CC(C)c1ccc(CCNS(=O)(=O)c2ccccc2)c(OCC(=O)N2CCOCC2)c1. The Labute approximate surface area is 184 Å². The first kappa shape index (κ1) is 23.2. The number of sulfonamides is 1. The largest absolute Gasteiger partial charge is 0.483 e. The second kappa shape index (κ2) is 10.7. The average molecular weight is 447 g/mol. The van der Waals surface area contributed by atoms with Crippen molar-refractivity contribution < 1.29 is 22.7 Å². The Balaban J connectivity index is 1.65. The van der Waals surface area contributed by atoms with Crippen LogP contribution in [-0.2, 0) is 26.0 Å². The van der Waals surface area contributed by atoms with E-state index in [1.54, 1.807) is 35.2 Å². The number of hydrogen-bond donors (Lipinski definition) is 1. The van der Waals surface area contributed by atoms with E-state index >= 15 is 0 Å². The molecule has 0 bridgehead atoms. The number of hydrogen-bond acceptors (Lipinski definition) is 5. The topological polar surface area (TPSA) is 84.9 Å². The summed E-state index contributed by atoms with van der Waals surface area (Å²) in [5.74, 6) is 0.851. The third-order valence-electron chi connectivity index (χ3n) is 5.21. The van der Waals surface area contributed by atoms with Crippen LogP contribution in [0.25, 0.3) is 0 Å². The van der Waals surface area contributed by atoms with Gasteiger partial charge in [0.05, 0.1) is 18.1 Å². The number of nitrogens with one attached hydrogen (secondary N) is 1. The number of ether oxygens (including phenoxy) is 2. The number of morpholine rings is 1.